The van der Waals surface area contributed by atoms with E-state index < -0.39 is 5.97 Å². The van der Waals surface area contributed by atoms with Gasteiger partial charge in [0.2, 0.25) is 5.78 Å². The molecule has 0 radical (unpaired) electrons. The van der Waals surface area contributed by atoms with Gasteiger partial charge in [0, 0.05) is 29.1 Å². The van der Waals surface area contributed by atoms with E-state index in [4.69, 9.17) is 21.1 Å². The Morgan fingerprint density at radius 2 is 1.82 bits per heavy atom. The molecule has 7 nitrogen and oxygen atoms in total. The number of halogens is 1. The smallest absolute Gasteiger partial charge is 0.342 e. The third-order valence-corrected chi connectivity index (χ3v) is 6.20. The molecule has 0 spiro atoms. The van der Waals surface area contributed by atoms with E-state index in [0.29, 0.717) is 40.7 Å². The molecule has 1 aromatic carbocycles. The van der Waals surface area contributed by atoms with Crippen LogP contribution in [0.5, 0.6) is 0 Å². The maximum atomic E-state index is 12.8. The molecule has 176 valence electrons. The van der Waals surface area contributed by atoms with Gasteiger partial charge in [-0.2, -0.15) is 5.10 Å². The van der Waals surface area contributed by atoms with Crippen molar-refractivity contribution in [3.63, 3.8) is 0 Å². The van der Waals surface area contributed by atoms with Crippen LogP contribution >= 0.6 is 11.6 Å². The lowest BCUT2D eigenvalue weighted by molar-refractivity contribution is 0.0473. The van der Waals surface area contributed by atoms with E-state index in [9.17, 15) is 9.59 Å². The molecule has 0 amide bonds. The normalized spacial score (nSPS) is 12.1. The molecule has 2 heterocycles. The highest BCUT2D eigenvalue weighted by atomic mass is 35.5. The van der Waals surface area contributed by atoms with Crippen molar-refractivity contribution in [3.8, 4) is 0 Å². The molecule has 1 unspecified atom stereocenters. The molecule has 0 aliphatic heterocycles. The summed E-state index contributed by atoms with van der Waals surface area (Å²) in [5.74, 6) is -0.809. The highest BCUT2D eigenvalue weighted by Gasteiger charge is 2.23. The lowest BCUT2D eigenvalue weighted by Crippen LogP contribution is -2.17. The molecule has 0 saturated heterocycles. The number of aromatic nitrogens is 3. The second kappa shape index (κ2) is 10.4. The van der Waals surface area contributed by atoms with Crippen molar-refractivity contribution in [2.75, 3.05) is 20.3 Å². The number of hydrogen-bond donors (Lipinski definition) is 0. The van der Waals surface area contributed by atoms with Crippen molar-refractivity contribution in [1.29, 1.82) is 0 Å². The number of Topliss-reactive ketones (excluding diaryl/α,β-unsaturated/α-hetero) is 1. The van der Waals surface area contributed by atoms with Crippen molar-refractivity contribution in [3.05, 3.63) is 74.8 Å². The van der Waals surface area contributed by atoms with Gasteiger partial charge in [-0.25, -0.2) is 4.79 Å². The van der Waals surface area contributed by atoms with Crippen LogP contribution in [0, 0.1) is 27.7 Å². The number of aryl methyl sites for hydroxylation is 2. The fourth-order valence-electron chi connectivity index (χ4n) is 4.27. The van der Waals surface area contributed by atoms with E-state index >= 15 is 0 Å². The number of ketones is 1. The average molecular weight is 472 g/mol. The van der Waals surface area contributed by atoms with Crippen LogP contribution in [0.25, 0.3) is 0 Å². The van der Waals surface area contributed by atoms with Crippen LogP contribution in [0.3, 0.4) is 0 Å². The Balaban J connectivity index is 1.73. The Hall–Kier alpha value is -2.90. The summed E-state index contributed by atoms with van der Waals surface area (Å²) in [6.45, 7) is 10.1. The first-order chi connectivity index (χ1) is 15.6. The highest BCUT2D eigenvalue weighted by Crippen LogP contribution is 2.23. The maximum absolute atomic E-state index is 12.8. The van der Waals surface area contributed by atoms with Crippen molar-refractivity contribution in [1.82, 2.24) is 14.3 Å². The third-order valence-electron chi connectivity index (χ3n) is 5.83. The Morgan fingerprint density at radius 3 is 2.48 bits per heavy atom. The Kier molecular flexibility index (Phi) is 7.76. The molecular formula is C25H30ClN3O4. The summed E-state index contributed by atoms with van der Waals surface area (Å²) in [6.07, 6.45) is 0. The number of nitrogens with zero attached hydrogens (tertiary/aromatic N) is 3. The molecule has 1 atom stereocenters. The van der Waals surface area contributed by atoms with Gasteiger partial charge in [0.1, 0.15) is 5.56 Å². The van der Waals surface area contributed by atoms with E-state index in [1.807, 2.05) is 51.1 Å². The lowest BCUT2D eigenvalue weighted by atomic mass is 10.1. The minimum Gasteiger partial charge on any atom is -0.454 e. The third kappa shape index (κ3) is 5.20. The molecule has 3 aromatic rings. The first kappa shape index (κ1) is 24.7. The predicted octanol–water partition coefficient (Wildman–Crippen LogP) is 4.87. The summed E-state index contributed by atoms with van der Waals surface area (Å²) >= 11 is 6.26. The van der Waals surface area contributed by atoms with Crippen molar-refractivity contribution in [2.45, 2.75) is 47.2 Å². The van der Waals surface area contributed by atoms with Crippen molar-refractivity contribution in [2.24, 2.45) is 0 Å². The van der Waals surface area contributed by atoms with Crippen LogP contribution in [0.4, 0.5) is 0 Å². The van der Waals surface area contributed by atoms with E-state index in [2.05, 4.69) is 9.67 Å². The van der Waals surface area contributed by atoms with Crippen molar-refractivity contribution >= 4 is 23.4 Å². The average Bonchev–Trinajstić information content (AvgIpc) is 3.22. The molecule has 0 N–H and O–H groups in total. The van der Waals surface area contributed by atoms with E-state index in [0.717, 1.165) is 17.0 Å². The SMILES string of the molecule is COCC(C)n1c(C)cc(C(=O)COC(=O)c2c(C)nn(Cc3ccccc3Cl)c2C)c1C. The maximum Gasteiger partial charge on any atom is 0.342 e. The monoisotopic (exact) mass is 471 g/mol. The topological polar surface area (TPSA) is 75.3 Å². The van der Waals surface area contributed by atoms with Gasteiger partial charge in [-0.15, -0.1) is 0 Å². The second-order valence-corrected chi connectivity index (χ2v) is 8.66. The van der Waals surface area contributed by atoms with Crippen LogP contribution in [-0.4, -0.2) is 46.4 Å². The molecule has 8 heteroatoms. The molecule has 0 fully saturated rings. The second-order valence-electron chi connectivity index (χ2n) is 8.25. The number of rotatable bonds is 9. The molecule has 3 rings (SSSR count). The Bertz CT molecular complexity index is 1180. The van der Waals surface area contributed by atoms with Gasteiger partial charge in [0.25, 0.3) is 0 Å². The van der Waals surface area contributed by atoms with Gasteiger partial charge in [-0.1, -0.05) is 29.8 Å². The highest BCUT2D eigenvalue weighted by molar-refractivity contribution is 6.31. The van der Waals surface area contributed by atoms with Crippen LogP contribution in [0.15, 0.2) is 30.3 Å². The lowest BCUT2D eigenvalue weighted by Gasteiger charge is -2.17. The summed E-state index contributed by atoms with van der Waals surface area (Å²) in [5.41, 5.74) is 4.82. The zero-order valence-electron chi connectivity index (χ0n) is 19.9. The largest absolute Gasteiger partial charge is 0.454 e. The fourth-order valence-corrected chi connectivity index (χ4v) is 4.46. The molecule has 0 aliphatic rings. The zero-order chi connectivity index (χ0) is 24.3. The van der Waals surface area contributed by atoms with E-state index in [-0.39, 0.29) is 18.4 Å². The fraction of sp³-hybridized carbons (Fsp3) is 0.400. The quantitative estimate of drug-likeness (QED) is 0.329. The minimum absolute atomic E-state index is 0.0911. The molecule has 33 heavy (non-hydrogen) atoms. The van der Waals surface area contributed by atoms with Crippen LogP contribution < -0.4 is 0 Å². The Morgan fingerprint density at radius 1 is 1.12 bits per heavy atom. The number of hydrogen-bond acceptors (Lipinski definition) is 5. The summed E-state index contributed by atoms with van der Waals surface area (Å²) in [5, 5.41) is 5.11. The summed E-state index contributed by atoms with van der Waals surface area (Å²) in [4.78, 5) is 25.7. The van der Waals surface area contributed by atoms with Gasteiger partial charge in [-0.05, 0) is 52.3 Å². The van der Waals surface area contributed by atoms with Gasteiger partial charge in [0.05, 0.1) is 30.6 Å². The predicted molar refractivity (Wildman–Crippen MR) is 127 cm³/mol. The number of benzene rings is 1. The van der Waals surface area contributed by atoms with Gasteiger partial charge >= 0.3 is 5.97 Å². The van der Waals surface area contributed by atoms with Gasteiger partial charge in [-0.3, -0.25) is 9.48 Å². The van der Waals surface area contributed by atoms with Crippen LogP contribution in [-0.2, 0) is 16.0 Å². The number of carbonyl (C=O) groups is 2. The van der Waals surface area contributed by atoms with Gasteiger partial charge < -0.3 is 14.0 Å². The number of esters is 1. The van der Waals surface area contributed by atoms with Crippen molar-refractivity contribution < 1.29 is 19.1 Å². The number of carbonyl (C=O) groups excluding carboxylic acids is 2. The number of methoxy groups -OCH3 is 1. The minimum atomic E-state index is -0.565. The van der Waals surface area contributed by atoms with E-state index in [1.165, 1.54) is 0 Å². The number of ether oxygens (including phenoxy) is 2. The van der Waals surface area contributed by atoms with Gasteiger partial charge in [0.15, 0.2) is 6.61 Å². The summed E-state index contributed by atoms with van der Waals surface area (Å²) < 4.78 is 14.4. The zero-order valence-corrected chi connectivity index (χ0v) is 20.7. The van der Waals surface area contributed by atoms with Crippen LogP contribution in [0.1, 0.15) is 62.0 Å². The standard InChI is InChI=1S/C25H30ClN3O4/c1-15-11-21(18(4)29(15)16(2)13-32-6)23(30)14-33-25(31)24-17(3)27-28(19(24)5)12-20-9-7-8-10-22(20)26/h7-11,16H,12-14H2,1-6H3. The molecular weight excluding hydrogens is 442 g/mol. The summed E-state index contributed by atoms with van der Waals surface area (Å²) in [7, 11) is 1.65. The molecule has 0 bridgehead atoms. The first-order valence-corrected chi connectivity index (χ1v) is 11.2. The van der Waals surface area contributed by atoms with Crippen LogP contribution in [0.2, 0.25) is 5.02 Å². The summed E-state index contributed by atoms with van der Waals surface area (Å²) in [6, 6.07) is 9.42. The van der Waals surface area contributed by atoms with E-state index in [1.54, 1.807) is 25.6 Å². The molecule has 0 saturated carbocycles. The molecule has 0 aliphatic carbocycles. The Labute approximate surface area is 199 Å². The first-order valence-electron chi connectivity index (χ1n) is 10.8. The molecule has 2 aromatic heterocycles.